The Kier molecular flexibility index (Phi) is 4.70. The molecule has 1 aliphatic heterocycles. The minimum Gasteiger partial charge on any atom is -0.377 e. The zero-order valence-corrected chi connectivity index (χ0v) is 12.7. The number of nitrogens with zero attached hydrogens (tertiary/aromatic N) is 3. The summed E-state index contributed by atoms with van der Waals surface area (Å²) in [5.74, 6) is 0. The summed E-state index contributed by atoms with van der Waals surface area (Å²) >= 11 is 6.12. The van der Waals surface area contributed by atoms with Crippen LogP contribution >= 0.6 is 11.6 Å². The zero-order valence-electron chi connectivity index (χ0n) is 12.0. The lowest BCUT2D eigenvalue weighted by atomic mass is 10.1. The zero-order chi connectivity index (χ0) is 13.8. The summed E-state index contributed by atoms with van der Waals surface area (Å²) in [6.45, 7) is 4.19. The standard InChI is InChI=1S/C15H22ClN3/c1-12(17-19-9-5-4-6-10-19)14-11-13(16)7-8-15(14)18(2)3/h7-8,11H,4-6,9-10H2,1-3H3/b17-12-. The number of hydrogen-bond donors (Lipinski definition) is 0. The fourth-order valence-electron chi connectivity index (χ4n) is 2.43. The molecule has 1 saturated heterocycles. The Morgan fingerprint density at radius 2 is 1.89 bits per heavy atom. The molecular formula is C15H22ClN3. The molecule has 0 N–H and O–H groups in total. The summed E-state index contributed by atoms with van der Waals surface area (Å²) in [6, 6.07) is 5.97. The van der Waals surface area contributed by atoms with Gasteiger partial charge in [0.2, 0.25) is 0 Å². The van der Waals surface area contributed by atoms with Crippen LogP contribution in [0.2, 0.25) is 5.02 Å². The van der Waals surface area contributed by atoms with E-state index in [0.29, 0.717) is 0 Å². The molecule has 1 aromatic carbocycles. The molecule has 4 heteroatoms. The number of piperidine rings is 1. The summed E-state index contributed by atoms with van der Waals surface area (Å²) in [4.78, 5) is 2.10. The van der Waals surface area contributed by atoms with Crippen molar-refractivity contribution in [2.24, 2.45) is 5.10 Å². The molecule has 1 aromatic rings. The number of benzene rings is 1. The number of hydrazone groups is 1. The maximum Gasteiger partial charge on any atom is 0.0668 e. The Labute approximate surface area is 120 Å². The number of rotatable bonds is 3. The van der Waals surface area contributed by atoms with Crippen LogP contribution in [0.4, 0.5) is 5.69 Å². The highest BCUT2D eigenvalue weighted by molar-refractivity contribution is 6.31. The lowest BCUT2D eigenvalue weighted by Gasteiger charge is -2.25. The van der Waals surface area contributed by atoms with Crippen LogP contribution in [0.1, 0.15) is 31.7 Å². The highest BCUT2D eigenvalue weighted by atomic mass is 35.5. The van der Waals surface area contributed by atoms with Gasteiger partial charge < -0.3 is 4.90 Å². The van der Waals surface area contributed by atoms with Gasteiger partial charge in [0.15, 0.2) is 0 Å². The average molecular weight is 280 g/mol. The number of anilines is 1. The first-order valence-electron chi connectivity index (χ1n) is 6.85. The molecule has 0 atom stereocenters. The van der Waals surface area contributed by atoms with Gasteiger partial charge in [-0.3, -0.25) is 5.01 Å². The maximum atomic E-state index is 6.12. The molecule has 0 unspecified atom stereocenters. The number of hydrogen-bond acceptors (Lipinski definition) is 3. The van der Waals surface area contributed by atoms with Crippen molar-refractivity contribution in [1.29, 1.82) is 0 Å². The van der Waals surface area contributed by atoms with E-state index >= 15 is 0 Å². The third-order valence-corrected chi connectivity index (χ3v) is 3.69. The lowest BCUT2D eigenvalue weighted by Crippen LogP contribution is -2.26. The van der Waals surface area contributed by atoms with E-state index in [2.05, 4.69) is 16.8 Å². The molecule has 0 aliphatic carbocycles. The van der Waals surface area contributed by atoms with E-state index < -0.39 is 0 Å². The molecule has 0 bridgehead atoms. The highest BCUT2D eigenvalue weighted by Crippen LogP contribution is 2.24. The molecular weight excluding hydrogens is 258 g/mol. The van der Waals surface area contributed by atoms with Crippen LogP contribution in [-0.4, -0.2) is 37.9 Å². The Hall–Kier alpha value is -1.22. The monoisotopic (exact) mass is 279 g/mol. The Morgan fingerprint density at radius 3 is 2.53 bits per heavy atom. The van der Waals surface area contributed by atoms with Gasteiger partial charge in [-0.2, -0.15) is 5.10 Å². The fourth-order valence-corrected chi connectivity index (χ4v) is 2.60. The SMILES string of the molecule is C/C(=N/N1CCCCC1)c1cc(Cl)ccc1N(C)C. The molecule has 1 aliphatic rings. The van der Waals surface area contributed by atoms with Crippen molar-refractivity contribution in [2.45, 2.75) is 26.2 Å². The topological polar surface area (TPSA) is 18.8 Å². The van der Waals surface area contributed by atoms with Crippen molar-refractivity contribution in [1.82, 2.24) is 5.01 Å². The second kappa shape index (κ2) is 6.29. The summed E-state index contributed by atoms with van der Waals surface area (Å²) in [6.07, 6.45) is 3.81. The quantitative estimate of drug-likeness (QED) is 0.787. The Morgan fingerprint density at radius 1 is 1.21 bits per heavy atom. The van der Waals surface area contributed by atoms with Gasteiger partial charge in [0, 0.05) is 43.5 Å². The van der Waals surface area contributed by atoms with Crippen molar-refractivity contribution in [2.75, 3.05) is 32.1 Å². The van der Waals surface area contributed by atoms with E-state index in [1.54, 1.807) is 0 Å². The number of halogens is 1. The smallest absolute Gasteiger partial charge is 0.0668 e. The van der Waals surface area contributed by atoms with Crippen molar-refractivity contribution in [3.63, 3.8) is 0 Å². The lowest BCUT2D eigenvalue weighted by molar-refractivity contribution is 0.239. The minimum atomic E-state index is 0.758. The van der Waals surface area contributed by atoms with Crippen LogP contribution in [0, 0.1) is 0 Å². The maximum absolute atomic E-state index is 6.12. The molecule has 0 aromatic heterocycles. The molecule has 0 spiro atoms. The first kappa shape index (κ1) is 14.2. The van der Waals surface area contributed by atoms with Crippen molar-refractivity contribution in [3.8, 4) is 0 Å². The molecule has 104 valence electrons. The molecule has 19 heavy (non-hydrogen) atoms. The first-order valence-corrected chi connectivity index (χ1v) is 7.23. The fraction of sp³-hybridized carbons (Fsp3) is 0.533. The van der Waals surface area contributed by atoms with Gasteiger partial charge in [0.25, 0.3) is 0 Å². The Bertz CT molecular complexity index is 462. The molecule has 1 fully saturated rings. The third kappa shape index (κ3) is 3.63. The molecule has 3 nitrogen and oxygen atoms in total. The van der Waals surface area contributed by atoms with Gasteiger partial charge in [-0.1, -0.05) is 11.6 Å². The van der Waals surface area contributed by atoms with Crippen LogP contribution < -0.4 is 4.90 Å². The predicted octanol–water partition coefficient (Wildman–Crippen LogP) is 3.62. The van der Waals surface area contributed by atoms with Gasteiger partial charge in [-0.25, -0.2) is 0 Å². The summed E-state index contributed by atoms with van der Waals surface area (Å²) in [5, 5.41) is 7.69. The van der Waals surface area contributed by atoms with Gasteiger partial charge in [-0.15, -0.1) is 0 Å². The first-order chi connectivity index (χ1) is 9.08. The average Bonchev–Trinajstić information content (AvgIpc) is 2.39. The van der Waals surface area contributed by atoms with Gasteiger partial charge >= 0.3 is 0 Å². The summed E-state index contributed by atoms with van der Waals surface area (Å²) in [7, 11) is 4.09. The molecule has 0 radical (unpaired) electrons. The van der Waals surface area contributed by atoms with Crippen LogP contribution in [0.5, 0.6) is 0 Å². The normalized spacial score (nSPS) is 16.6. The van der Waals surface area contributed by atoms with E-state index in [1.165, 1.54) is 19.3 Å². The van der Waals surface area contributed by atoms with Crippen LogP contribution in [0.25, 0.3) is 0 Å². The molecule has 1 heterocycles. The van der Waals surface area contributed by atoms with E-state index in [4.69, 9.17) is 16.7 Å². The predicted molar refractivity (Wildman–Crippen MR) is 83.4 cm³/mol. The molecule has 2 rings (SSSR count). The largest absolute Gasteiger partial charge is 0.377 e. The minimum absolute atomic E-state index is 0.758. The van der Waals surface area contributed by atoms with Gasteiger partial charge in [-0.05, 0) is 44.4 Å². The van der Waals surface area contributed by atoms with E-state index in [1.807, 2.05) is 32.3 Å². The summed E-state index contributed by atoms with van der Waals surface area (Å²) < 4.78 is 0. The van der Waals surface area contributed by atoms with Gasteiger partial charge in [0.05, 0.1) is 5.71 Å². The van der Waals surface area contributed by atoms with Crippen LogP contribution in [0.15, 0.2) is 23.3 Å². The van der Waals surface area contributed by atoms with Gasteiger partial charge in [0.1, 0.15) is 0 Å². The van der Waals surface area contributed by atoms with E-state index in [-0.39, 0.29) is 0 Å². The second-order valence-corrected chi connectivity index (χ2v) is 5.69. The van der Waals surface area contributed by atoms with Crippen LogP contribution in [0.3, 0.4) is 0 Å². The third-order valence-electron chi connectivity index (χ3n) is 3.45. The van der Waals surface area contributed by atoms with Crippen LogP contribution in [-0.2, 0) is 0 Å². The molecule has 0 saturated carbocycles. The Balaban J connectivity index is 2.28. The highest BCUT2D eigenvalue weighted by Gasteiger charge is 2.12. The second-order valence-electron chi connectivity index (χ2n) is 5.26. The van der Waals surface area contributed by atoms with Crippen molar-refractivity contribution in [3.05, 3.63) is 28.8 Å². The van der Waals surface area contributed by atoms with Crippen molar-refractivity contribution >= 4 is 23.0 Å². The van der Waals surface area contributed by atoms with Crippen molar-refractivity contribution < 1.29 is 0 Å². The summed E-state index contributed by atoms with van der Waals surface area (Å²) in [5.41, 5.74) is 3.30. The van der Waals surface area contributed by atoms with E-state index in [0.717, 1.165) is 35.1 Å². The molecule has 0 amide bonds. The van der Waals surface area contributed by atoms with E-state index in [9.17, 15) is 0 Å².